The topological polar surface area (TPSA) is 15.3 Å². The molecular weight excluding hydrogens is 160 g/mol. The van der Waals surface area contributed by atoms with E-state index in [2.05, 4.69) is 16.1 Å². The van der Waals surface area contributed by atoms with Gasteiger partial charge < -0.3 is 5.32 Å². The van der Waals surface area contributed by atoms with Gasteiger partial charge in [0.15, 0.2) is 0 Å². The molecule has 0 aromatic rings. The minimum Gasteiger partial charge on any atom is -0.305 e. The van der Waals surface area contributed by atoms with Gasteiger partial charge in [0, 0.05) is 25.7 Å². The van der Waals surface area contributed by atoms with Crippen molar-refractivity contribution < 1.29 is 0 Å². The van der Waals surface area contributed by atoms with Crippen molar-refractivity contribution in [3.8, 4) is 12.3 Å². The largest absolute Gasteiger partial charge is 0.305 e. The highest BCUT2D eigenvalue weighted by Crippen LogP contribution is 2.36. The summed E-state index contributed by atoms with van der Waals surface area (Å²) in [6.07, 6.45) is 9.51. The van der Waals surface area contributed by atoms with Gasteiger partial charge in [0.25, 0.3) is 0 Å². The van der Waals surface area contributed by atoms with Gasteiger partial charge in [-0.05, 0) is 25.2 Å². The molecule has 0 amide bonds. The molecule has 13 heavy (non-hydrogen) atoms. The van der Waals surface area contributed by atoms with Crippen LogP contribution in [0.5, 0.6) is 0 Å². The maximum atomic E-state index is 5.16. The molecule has 0 radical (unpaired) electrons. The summed E-state index contributed by atoms with van der Waals surface area (Å²) >= 11 is 0. The maximum absolute atomic E-state index is 5.16. The van der Waals surface area contributed by atoms with Crippen LogP contribution in [0.1, 0.15) is 19.3 Å². The Hall–Kier alpha value is -0.520. The van der Waals surface area contributed by atoms with Crippen LogP contribution >= 0.6 is 0 Å². The monoisotopic (exact) mass is 178 g/mol. The first-order valence-electron chi connectivity index (χ1n) is 5.28. The molecule has 0 aromatic carbocycles. The second-order valence-corrected chi connectivity index (χ2v) is 4.21. The van der Waals surface area contributed by atoms with E-state index in [9.17, 15) is 0 Å². The van der Waals surface area contributed by atoms with Gasteiger partial charge in [0.1, 0.15) is 0 Å². The first-order chi connectivity index (χ1) is 6.40. The molecular formula is C11H18N2. The third-order valence-electron chi connectivity index (χ3n) is 3.33. The molecule has 2 rings (SSSR count). The molecule has 2 fully saturated rings. The van der Waals surface area contributed by atoms with Crippen LogP contribution in [-0.4, -0.2) is 37.1 Å². The molecule has 1 saturated carbocycles. The van der Waals surface area contributed by atoms with Crippen molar-refractivity contribution in [2.45, 2.75) is 25.3 Å². The number of fused-ring (bicyclic) bond motifs is 2. The van der Waals surface area contributed by atoms with Gasteiger partial charge in [-0.15, -0.1) is 6.42 Å². The summed E-state index contributed by atoms with van der Waals surface area (Å²) in [6.45, 7) is 4.28. The van der Waals surface area contributed by atoms with E-state index in [-0.39, 0.29) is 0 Å². The molecule has 1 aliphatic heterocycles. The Kier molecular flexibility index (Phi) is 2.87. The molecule has 1 saturated heterocycles. The van der Waals surface area contributed by atoms with E-state index < -0.39 is 0 Å². The lowest BCUT2D eigenvalue weighted by Crippen LogP contribution is -2.37. The van der Waals surface area contributed by atoms with Crippen molar-refractivity contribution in [1.82, 2.24) is 10.2 Å². The smallest absolute Gasteiger partial charge is 0.0574 e. The molecule has 2 aliphatic rings. The van der Waals surface area contributed by atoms with Crippen LogP contribution in [-0.2, 0) is 0 Å². The molecule has 2 nitrogen and oxygen atoms in total. The molecule has 2 bridgehead atoms. The summed E-state index contributed by atoms with van der Waals surface area (Å²) in [6, 6.07) is 0.901. The van der Waals surface area contributed by atoms with E-state index in [0.29, 0.717) is 6.54 Å². The summed E-state index contributed by atoms with van der Waals surface area (Å²) in [7, 11) is 0. The average Bonchev–Trinajstić information content (AvgIpc) is 2.73. The second-order valence-electron chi connectivity index (χ2n) is 4.21. The Balaban J connectivity index is 1.64. The minimum atomic E-state index is 0.710. The van der Waals surface area contributed by atoms with Gasteiger partial charge >= 0.3 is 0 Å². The summed E-state index contributed by atoms with van der Waals surface area (Å²) in [5.41, 5.74) is 0. The molecule has 2 atom stereocenters. The van der Waals surface area contributed by atoms with Crippen molar-refractivity contribution in [2.75, 3.05) is 26.2 Å². The number of piperidine rings is 1. The fourth-order valence-corrected chi connectivity index (χ4v) is 2.68. The van der Waals surface area contributed by atoms with Gasteiger partial charge in [-0.25, -0.2) is 0 Å². The highest BCUT2D eigenvalue weighted by Gasteiger charge is 2.36. The fraction of sp³-hybridized carbons (Fsp3) is 0.818. The fourth-order valence-electron chi connectivity index (χ4n) is 2.68. The molecule has 1 N–H and O–H groups in total. The number of rotatable bonds is 4. The maximum Gasteiger partial charge on any atom is 0.0574 e. The number of nitrogens with zero attached hydrogens (tertiary/aromatic N) is 1. The van der Waals surface area contributed by atoms with E-state index in [1.165, 1.54) is 32.4 Å². The number of hydrogen-bond donors (Lipinski definition) is 1. The number of terminal acetylenes is 1. The summed E-state index contributed by atoms with van der Waals surface area (Å²) < 4.78 is 0. The second kappa shape index (κ2) is 4.13. The SMILES string of the molecule is C#CCNCCN1CC2CCC1C2. The van der Waals surface area contributed by atoms with Gasteiger partial charge in [-0.3, -0.25) is 4.90 Å². The van der Waals surface area contributed by atoms with E-state index in [0.717, 1.165) is 18.5 Å². The van der Waals surface area contributed by atoms with Crippen molar-refractivity contribution in [2.24, 2.45) is 5.92 Å². The quantitative estimate of drug-likeness (QED) is 0.503. The molecule has 0 aromatic heterocycles. The Bertz CT molecular complexity index is 207. The molecule has 1 aliphatic carbocycles. The van der Waals surface area contributed by atoms with E-state index >= 15 is 0 Å². The van der Waals surface area contributed by atoms with E-state index in [1.807, 2.05) is 0 Å². The van der Waals surface area contributed by atoms with Crippen molar-refractivity contribution in [3.05, 3.63) is 0 Å². The lowest BCUT2D eigenvalue weighted by atomic mass is 10.1. The molecule has 2 heteroatoms. The van der Waals surface area contributed by atoms with Crippen molar-refractivity contribution in [1.29, 1.82) is 0 Å². The normalized spacial score (nSPS) is 32.2. The van der Waals surface area contributed by atoms with Crippen molar-refractivity contribution >= 4 is 0 Å². The predicted molar refractivity (Wildman–Crippen MR) is 54.4 cm³/mol. The van der Waals surface area contributed by atoms with Crippen molar-refractivity contribution in [3.63, 3.8) is 0 Å². The molecule has 72 valence electrons. The van der Waals surface area contributed by atoms with Crippen LogP contribution < -0.4 is 5.32 Å². The summed E-state index contributed by atoms with van der Waals surface area (Å²) in [5, 5.41) is 3.24. The number of hydrogen-bond acceptors (Lipinski definition) is 2. The summed E-state index contributed by atoms with van der Waals surface area (Å²) in [4.78, 5) is 2.62. The predicted octanol–water partition coefficient (Wildman–Crippen LogP) is 0.694. The average molecular weight is 178 g/mol. The highest BCUT2D eigenvalue weighted by molar-refractivity contribution is 4.92. The lowest BCUT2D eigenvalue weighted by Gasteiger charge is -2.26. The van der Waals surface area contributed by atoms with Crippen LogP contribution in [0.25, 0.3) is 0 Å². The lowest BCUT2D eigenvalue weighted by molar-refractivity contribution is 0.215. The van der Waals surface area contributed by atoms with Gasteiger partial charge in [-0.1, -0.05) is 5.92 Å². The Labute approximate surface area is 80.7 Å². The zero-order valence-electron chi connectivity index (χ0n) is 8.13. The first kappa shape index (κ1) is 9.05. The number of nitrogens with one attached hydrogen (secondary N) is 1. The van der Waals surface area contributed by atoms with Gasteiger partial charge in [0.05, 0.1) is 6.54 Å². The Morgan fingerprint density at radius 2 is 2.38 bits per heavy atom. The van der Waals surface area contributed by atoms with Gasteiger partial charge in [0.2, 0.25) is 0 Å². The highest BCUT2D eigenvalue weighted by atomic mass is 15.2. The summed E-state index contributed by atoms with van der Waals surface area (Å²) in [5.74, 6) is 3.61. The molecule has 2 unspecified atom stereocenters. The minimum absolute atomic E-state index is 0.710. The van der Waals surface area contributed by atoms with Crippen LogP contribution in [0.4, 0.5) is 0 Å². The molecule has 1 heterocycles. The van der Waals surface area contributed by atoms with Crippen LogP contribution in [0.2, 0.25) is 0 Å². The Morgan fingerprint density at radius 1 is 1.46 bits per heavy atom. The third-order valence-corrected chi connectivity index (χ3v) is 3.33. The van der Waals surface area contributed by atoms with E-state index in [4.69, 9.17) is 6.42 Å². The Morgan fingerprint density at radius 3 is 3.00 bits per heavy atom. The first-order valence-corrected chi connectivity index (χ1v) is 5.28. The van der Waals surface area contributed by atoms with E-state index in [1.54, 1.807) is 0 Å². The number of likely N-dealkylation sites (tertiary alicyclic amines) is 1. The van der Waals surface area contributed by atoms with Crippen LogP contribution in [0.15, 0.2) is 0 Å². The standard InChI is InChI=1S/C11H18N2/c1-2-5-12-6-7-13-9-10-3-4-11(13)8-10/h1,10-12H,3-9H2. The van der Waals surface area contributed by atoms with Crippen LogP contribution in [0, 0.1) is 18.3 Å². The zero-order valence-corrected chi connectivity index (χ0v) is 8.13. The van der Waals surface area contributed by atoms with Gasteiger partial charge in [-0.2, -0.15) is 0 Å². The third kappa shape index (κ3) is 2.04. The molecule has 0 spiro atoms. The zero-order chi connectivity index (χ0) is 9.10. The van der Waals surface area contributed by atoms with Crippen LogP contribution in [0.3, 0.4) is 0 Å².